The number of unbranched alkanes of at least 4 members (excludes halogenated alkanes) is 3. The Bertz CT molecular complexity index is 435. The molecule has 1 aliphatic rings. The van der Waals surface area contributed by atoms with Crippen LogP contribution < -0.4 is 10.5 Å². The van der Waals surface area contributed by atoms with E-state index in [0.29, 0.717) is 0 Å². The van der Waals surface area contributed by atoms with Crippen LogP contribution in [-0.4, -0.2) is 5.60 Å². The number of hydrogen-bond donors (Lipinski definition) is 1. The molecule has 0 saturated heterocycles. The third-order valence-electron chi connectivity index (χ3n) is 3.94. The van der Waals surface area contributed by atoms with Crippen LogP contribution in [0.5, 0.6) is 5.75 Å². The molecule has 1 aliphatic heterocycles. The maximum Gasteiger partial charge on any atom is 0.125 e. The Kier molecular flexibility index (Phi) is 4.75. The zero-order valence-electron chi connectivity index (χ0n) is 11.9. The largest absolute Gasteiger partial charge is 0.487 e. The molecule has 2 nitrogen and oxygen atoms in total. The molecule has 0 saturated carbocycles. The molecule has 0 spiro atoms. The van der Waals surface area contributed by atoms with E-state index in [1.54, 1.807) is 0 Å². The van der Waals surface area contributed by atoms with Gasteiger partial charge in [-0.15, -0.1) is 0 Å². The van der Waals surface area contributed by atoms with Crippen molar-refractivity contribution in [1.82, 2.24) is 0 Å². The van der Waals surface area contributed by atoms with Crippen LogP contribution in [-0.2, 0) is 0 Å². The second-order valence-electron chi connectivity index (χ2n) is 5.86. The van der Waals surface area contributed by atoms with Gasteiger partial charge in [0.25, 0.3) is 0 Å². The van der Waals surface area contributed by atoms with E-state index in [2.05, 4.69) is 13.8 Å². The van der Waals surface area contributed by atoms with Crippen molar-refractivity contribution in [3.8, 4) is 5.75 Å². The van der Waals surface area contributed by atoms with Crippen LogP contribution >= 0.6 is 11.6 Å². The van der Waals surface area contributed by atoms with E-state index < -0.39 is 0 Å². The minimum absolute atomic E-state index is 0.0265. The number of nitrogens with two attached hydrogens (primary N) is 1. The lowest BCUT2D eigenvalue weighted by atomic mass is 9.85. The maximum absolute atomic E-state index is 6.28. The van der Waals surface area contributed by atoms with Crippen LogP contribution in [0.15, 0.2) is 18.2 Å². The van der Waals surface area contributed by atoms with Gasteiger partial charge in [0.2, 0.25) is 0 Å². The summed E-state index contributed by atoms with van der Waals surface area (Å²) in [5, 5.41) is 0.726. The number of fused-ring (bicyclic) bond motifs is 1. The van der Waals surface area contributed by atoms with Gasteiger partial charge in [-0.05, 0) is 38.0 Å². The zero-order valence-corrected chi connectivity index (χ0v) is 12.7. The molecule has 1 aromatic rings. The summed E-state index contributed by atoms with van der Waals surface area (Å²) in [6.45, 7) is 4.41. The van der Waals surface area contributed by atoms with Gasteiger partial charge >= 0.3 is 0 Å². The highest BCUT2D eigenvalue weighted by Crippen LogP contribution is 2.41. The van der Waals surface area contributed by atoms with E-state index in [4.69, 9.17) is 22.1 Å². The number of benzene rings is 1. The average molecular weight is 282 g/mol. The van der Waals surface area contributed by atoms with Crippen molar-refractivity contribution >= 4 is 11.6 Å². The Morgan fingerprint density at radius 1 is 1.37 bits per heavy atom. The Hall–Kier alpha value is -0.730. The molecule has 0 amide bonds. The summed E-state index contributed by atoms with van der Waals surface area (Å²) < 4.78 is 6.19. The van der Waals surface area contributed by atoms with Crippen molar-refractivity contribution in [3.63, 3.8) is 0 Å². The summed E-state index contributed by atoms with van der Waals surface area (Å²) in [4.78, 5) is 0. The minimum Gasteiger partial charge on any atom is -0.487 e. The van der Waals surface area contributed by atoms with Crippen LogP contribution in [0.1, 0.15) is 64.0 Å². The fourth-order valence-electron chi connectivity index (χ4n) is 2.86. The second kappa shape index (κ2) is 6.15. The molecule has 106 valence electrons. The van der Waals surface area contributed by atoms with Gasteiger partial charge in [0.15, 0.2) is 0 Å². The quantitative estimate of drug-likeness (QED) is 0.783. The smallest absolute Gasteiger partial charge is 0.125 e. The molecule has 0 aliphatic carbocycles. The molecular weight excluding hydrogens is 258 g/mol. The van der Waals surface area contributed by atoms with Gasteiger partial charge < -0.3 is 10.5 Å². The van der Waals surface area contributed by atoms with E-state index in [1.807, 2.05) is 18.2 Å². The molecule has 1 aromatic carbocycles. The minimum atomic E-state index is -0.131. The lowest BCUT2D eigenvalue weighted by Gasteiger charge is -2.39. The third kappa shape index (κ3) is 3.64. The zero-order chi connectivity index (χ0) is 13.9. The number of rotatable bonds is 5. The Labute approximate surface area is 121 Å². The van der Waals surface area contributed by atoms with Crippen LogP contribution in [0, 0.1) is 0 Å². The molecule has 3 heteroatoms. The molecule has 1 unspecified atom stereocenters. The molecule has 0 fully saturated rings. The maximum atomic E-state index is 6.28. The topological polar surface area (TPSA) is 35.2 Å². The van der Waals surface area contributed by atoms with Crippen molar-refractivity contribution in [2.75, 3.05) is 0 Å². The van der Waals surface area contributed by atoms with Crippen LogP contribution in [0.2, 0.25) is 5.02 Å². The average Bonchev–Trinajstić information content (AvgIpc) is 2.36. The SMILES string of the molecule is CCCCCCC1(C)C[C@@H](N)c2cc(Cl)ccc2O1. The molecule has 2 rings (SSSR count). The van der Waals surface area contributed by atoms with Crippen molar-refractivity contribution < 1.29 is 4.74 Å². The Balaban J connectivity index is 2.04. The van der Waals surface area contributed by atoms with Crippen molar-refractivity contribution in [2.45, 2.75) is 64.0 Å². The van der Waals surface area contributed by atoms with E-state index in [0.717, 1.165) is 29.2 Å². The van der Waals surface area contributed by atoms with Gasteiger partial charge in [-0.3, -0.25) is 0 Å². The molecule has 2 N–H and O–H groups in total. The summed E-state index contributed by atoms with van der Waals surface area (Å²) in [7, 11) is 0. The summed E-state index contributed by atoms with van der Waals surface area (Å²) in [6, 6.07) is 5.77. The van der Waals surface area contributed by atoms with Crippen LogP contribution in [0.25, 0.3) is 0 Å². The summed E-state index contributed by atoms with van der Waals surface area (Å²) >= 11 is 6.02. The lowest BCUT2D eigenvalue weighted by Crippen LogP contribution is -2.40. The van der Waals surface area contributed by atoms with E-state index in [9.17, 15) is 0 Å². The first-order chi connectivity index (χ1) is 9.04. The molecule has 2 atom stereocenters. The Morgan fingerprint density at radius 2 is 2.16 bits per heavy atom. The second-order valence-corrected chi connectivity index (χ2v) is 6.29. The van der Waals surface area contributed by atoms with Gasteiger partial charge in [-0.1, -0.05) is 37.8 Å². The predicted octanol–water partition coefficient (Wildman–Crippen LogP) is 4.85. The van der Waals surface area contributed by atoms with Crippen LogP contribution in [0.3, 0.4) is 0 Å². The van der Waals surface area contributed by atoms with Gasteiger partial charge in [0.05, 0.1) is 0 Å². The molecule has 0 aromatic heterocycles. The third-order valence-corrected chi connectivity index (χ3v) is 4.17. The highest BCUT2D eigenvalue weighted by atomic mass is 35.5. The van der Waals surface area contributed by atoms with E-state index in [-0.39, 0.29) is 11.6 Å². The van der Waals surface area contributed by atoms with Gasteiger partial charge in [-0.25, -0.2) is 0 Å². The first kappa shape index (κ1) is 14.7. The molecule has 1 heterocycles. The number of halogens is 1. The monoisotopic (exact) mass is 281 g/mol. The summed E-state index contributed by atoms with van der Waals surface area (Å²) in [5.74, 6) is 0.904. The van der Waals surface area contributed by atoms with Crippen molar-refractivity contribution in [2.24, 2.45) is 5.73 Å². The number of hydrogen-bond acceptors (Lipinski definition) is 2. The standard InChI is InChI=1S/C16H24ClNO/c1-3-4-5-6-9-16(2)11-14(18)13-10-12(17)7-8-15(13)19-16/h7-8,10,14H,3-6,9,11,18H2,1-2H3/t14-,16?/m1/s1. The normalized spacial score (nSPS) is 25.8. The first-order valence-corrected chi connectivity index (χ1v) is 7.66. The summed E-state index contributed by atoms with van der Waals surface area (Å²) in [6.07, 6.45) is 6.99. The van der Waals surface area contributed by atoms with Gasteiger partial charge in [0.1, 0.15) is 11.4 Å². The van der Waals surface area contributed by atoms with Crippen molar-refractivity contribution in [1.29, 1.82) is 0 Å². The molecular formula is C16H24ClNO. The highest BCUT2D eigenvalue weighted by Gasteiger charge is 2.35. The highest BCUT2D eigenvalue weighted by molar-refractivity contribution is 6.30. The predicted molar refractivity (Wildman–Crippen MR) is 80.8 cm³/mol. The summed E-state index contributed by atoms with van der Waals surface area (Å²) in [5.41, 5.74) is 7.19. The lowest BCUT2D eigenvalue weighted by molar-refractivity contribution is 0.0430. The van der Waals surface area contributed by atoms with E-state index in [1.165, 1.54) is 25.7 Å². The van der Waals surface area contributed by atoms with E-state index >= 15 is 0 Å². The molecule has 19 heavy (non-hydrogen) atoms. The van der Waals surface area contributed by atoms with Gasteiger partial charge in [0, 0.05) is 23.0 Å². The molecule has 0 radical (unpaired) electrons. The van der Waals surface area contributed by atoms with Gasteiger partial charge in [-0.2, -0.15) is 0 Å². The first-order valence-electron chi connectivity index (χ1n) is 7.28. The Morgan fingerprint density at radius 3 is 2.89 bits per heavy atom. The van der Waals surface area contributed by atoms with Crippen molar-refractivity contribution in [3.05, 3.63) is 28.8 Å². The number of ether oxygens (including phenoxy) is 1. The molecule has 0 bridgehead atoms. The van der Waals surface area contributed by atoms with Crippen LogP contribution in [0.4, 0.5) is 0 Å². The fraction of sp³-hybridized carbons (Fsp3) is 0.625. The fourth-order valence-corrected chi connectivity index (χ4v) is 3.04.